The van der Waals surface area contributed by atoms with Crippen LogP contribution in [0.2, 0.25) is 5.02 Å². The van der Waals surface area contributed by atoms with Gasteiger partial charge in [0.05, 0.1) is 30.8 Å². The molecule has 1 unspecified atom stereocenters. The Morgan fingerprint density at radius 2 is 1.88 bits per heavy atom. The predicted octanol–water partition coefficient (Wildman–Crippen LogP) is 3.35. The first-order chi connectivity index (χ1) is 12.3. The Kier molecular flexibility index (Phi) is 6.55. The van der Waals surface area contributed by atoms with Gasteiger partial charge in [-0.1, -0.05) is 11.6 Å². The van der Waals surface area contributed by atoms with Gasteiger partial charge in [0.25, 0.3) is 11.1 Å². The van der Waals surface area contributed by atoms with Crippen LogP contribution in [-0.4, -0.2) is 48.9 Å². The molecule has 1 aromatic rings. The third-order valence-electron chi connectivity index (χ3n) is 3.63. The maximum atomic E-state index is 12.6. The van der Waals surface area contributed by atoms with Crippen molar-refractivity contribution in [2.45, 2.75) is 19.9 Å². The van der Waals surface area contributed by atoms with E-state index in [2.05, 4.69) is 0 Å². The molecule has 1 aliphatic heterocycles. The molecule has 1 atom stereocenters. The second kappa shape index (κ2) is 8.46. The van der Waals surface area contributed by atoms with Gasteiger partial charge in [-0.05, 0) is 43.3 Å². The number of methoxy groups -OCH3 is 2. The molecule has 9 heteroatoms. The molecule has 0 saturated carbocycles. The number of esters is 1. The van der Waals surface area contributed by atoms with Crippen LogP contribution in [0.3, 0.4) is 0 Å². The fraction of sp³-hybridized carbons (Fsp3) is 0.353. The quantitative estimate of drug-likeness (QED) is 0.535. The van der Waals surface area contributed by atoms with Crippen molar-refractivity contribution >= 4 is 46.6 Å². The van der Waals surface area contributed by atoms with Gasteiger partial charge in [-0.25, -0.2) is 4.79 Å². The molecule has 0 spiro atoms. The van der Waals surface area contributed by atoms with Crippen molar-refractivity contribution < 1.29 is 28.6 Å². The Hall–Kier alpha value is -2.19. The van der Waals surface area contributed by atoms with Gasteiger partial charge in [0.2, 0.25) is 0 Å². The van der Waals surface area contributed by atoms with E-state index in [4.69, 9.17) is 25.8 Å². The summed E-state index contributed by atoms with van der Waals surface area (Å²) in [5.74, 6) is -0.340. The molecule has 140 valence electrons. The number of hydrogen-bond donors (Lipinski definition) is 0. The number of amides is 2. The summed E-state index contributed by atoms with van der Waals surface area (Å²) in [5.41, 5.74) is 0.485. The van der Waals surface area contributed by atoms with Gasteiger partial charge in [0.1, 0.15) is 6.04 Å². The summed E-state index contributed by atoms with van der Waals surface area (Å²) < 4.78 is 15.3. The number of benzene rings is 1. The van der Waals surface area contributed by atoms with Crippen LogP contribution in [0.5, 0.6) is 11.5 Å². The highest BCUT2D eigenvalue weighted by Gasteiger charge is 2.41. The van der Waals surface area contributed by atoms with Crippen molar-refractivity contribution in [3.63, 3.8) is 0 Å². The van der Waals surface area contributed by atoms with E-state index in [-0.39, 0.29) is 11.5 Å². The van der Waals surface area contributed by atoms with E-state index < -0.39 is 23.2 Å². The lowest BCUT2D eigenvalue weighted by atomic mass is 10.1. The SMILES string of the molecule is CCOC(=O)C(C)N1C(=O)SC(=Cc2cc(OC)c(OC)cc2Cl)C1=O. The number of carbonyl (C=O) groups excluding carboxylic acids is 3. The van der Waals surface area contributed by atoms with Crippen LogP contribution >= 0.6 is 23.4 Å². The van der Waals surface area contributed by atoms with Crippen LogP contribution in [0.4, 0.5) is 4.79 Å². The number of imide groups is 1. The summed E-state index contributed by atoms with van der Waals surface area (Å²) in [6.07, 6.45) is 1.48. The monoisotopic (exact) mass is 399 g/mol. The van der Waals surface area contributed by atoms with Crippen molar-refractivity contribution in [1.29, 1.82) is 0 Å². The zero-order chi connectivity index (χ0) is 19.4. The minimum Gasteiger partial charge on any atom is -0.493 e. The lowest BCUT2D eigenvalue weighted by Gasteiger charge is -2.19. The Labute approximate surface area is 160 Å². The van der Waals surface area contributed by atoms with Crippen LogP contribution in [0.1, 0.15) is 19.4 Å². The molecule has 0 aromatic heterocycles. The van der Waals surface area contributed by atoms with Gasteiger partial charge < -0.3 is 14.2 Å². The summed E-state index contributed by atoms with van der Waals surface area (Å²) in [6, 6.07) is 2.15. The van der Waals surface area contributed by atoms with E-state index in [0.717, 1.165) is 16.7 Å². The molecule has 26 heavy (non-hydrogen) atoms. The van der Waals surface area contributed by atoms with Gasteiger partial charge in [-0.3, -0.25) is 14.5 Å². The summed E-state index contributed by atoms with van der Waals surface area (Å²) in [6.45, 7) is 3.26. The number of nitrogens with zero attached hydrogens (tertiary/aromatic N) is 1. The molecular weight excluding hydrogens is 382 g/mol. The first-order valence-corrected chi connectivity index (χ1v) is 8.88. The van der Waals surface area contributed by atoms with Crippen molar-refractivity contribution in [1.82, 2.24) is 4.90 Å². The number of halogens is 1. The van der Waals surface area contributed by atoms with Crippen LogP contribution in [0.25, 0.3) is 6.08 Å². The topological polar surface area (TPSA) is 82.1 Å². The molecule has 1 heterocycles. The molecule has 7 nitrogen and oxygen atoms in total. The highest BCUT2D eigenvalue weighted by Crippen LogP contribution is 2.38. The molecule has 1 saturated heterocycles. The zero-order valence-electron chi connectivity index (χ0n) is 14.7. The van der Waals surface area contributed by atoms with E-state index in [9.17, 15) is 14.4 Å². The van der Waals surface area contributed by atoms with E-state index in [1.165, 1.54) is 27.2 Å². The number of rotatable bonds is 6. The van der Waals surface area contributed by atoms with Crippen molar-refractivity contribution in [2.24, 2.45) is 0 Å². The molecule has 0 N–H and O–H groups in total. The zero-order valence-corrected chi connectivity index (χ0v) is 16.3. The maximum Gasteiger partial charge on any atom is 0.329 e. The highest BCUT2D eigenvalue weighted by atomic mass is 35.5. The number of carbonyl (C=O) groups is 3. The Morgan fingerprint density at radius 3 is 2.46 bits per heavy atom. The molecular formula is C17H18ClNO6S. The van der Waals surface area contributed by atoms with Crippen molar-refractivity contribution in [3.8, 4) is 11.5 Å². The van der Waals surface area contributed by atoms with E-state index in [1.54, 1.807) is 19.1 Å². The van der Waals surface area contributed by atoms with E-state index >= 15 is 0 Å². The van der Waals surface area contributed by atoms with Crippen molar-refractivity contribution in [2.75, 3.05) is 20.8 Å². The minimum atomic E-state index is -1.01. The first kappa shape index (κ1) is 20.1. The van der Waals surface area contributed by atoms with Gasteiger partial charge in [-0.15, -0.1) is 0 Å². The minimum absolute atomic E-state index is 0.153. The Balaban J connectivity index is 2.34. The largest absolute Gasteiger partial charge is 0.493 e. The third-order valence-corrected chi connectivity index (χ3v) is 4.84. The molecule has 0 radical (unpaired) electrons. The molecule has 2 amide bonds. The Morgan fingerprint density at radius 1 is 1.27 bits per heavy atom. The number of thioether (sulfide) groups is 1. The van der Waals surface area contributed by atoms with Gasteiger partial charge >= 0.3 is 5.97 Å². The fourth-order valence-corrected chi connectivity index (χ4v) is 3.41. The lowest BCUT2D eigenvalue weighted by Crippen LogP contribution is -2.42. The summed E-state index contributed by atoms with van der Waals surface area (Å²) >= 11 is 6.95. The van der Waals surface area contributed by atoms with Crippen LogP contribution < -0.4 is 9.47 Å². The van der Waals surface area contributed by atoms with E-state index in [0.29, 0.717) is 22.1 Å². The standard InChI is InChI=1S/C17H18ClNO6S/c1-5-25-16(21)9(2)19-15(20)14(26-17(19)22)7-10-6-12(23-3)13(24-4)8-11(10)18/h6-9H,5H2,1-4H3. The Bertz CT molecular complexity index is 779. The average molecular weight is 400 g/mol. The molecule has 0 aliphatic carbocycles. The normalized spacial score (nSPS) is 16.8. The molecule has 2 rings (SSSR count). The molecule has 1 fully saturated rings. The van der Waals surface area contributed by atoms with Crippen LogP contribution in [0.15, 0.2) is 17.0 Å². The third kappa shape index (κ3) is 3.96. The van der Waals surface area contributed by atoms with Gasteiger partial charge in [-0.2, -0.15) is 0 Å². The predicted molar refractivity (Wildman–Crippen MR) is 98.5 cm³/mol. The van der Waals surface area contributed by atoms with Crippen LogP contribution in [0, 0.1) is 0 Å². The first-order valence-electron chi connectivity index (χ1n) is 7.69. The number of hydrogen-bond acceptors (Lipinski definition) is 7. The fourth-order valence-electron chi connectivity index (χ4n) is 2.30. The summed E-state index contributed by atoms with van der Waals surface area (Å²) in [4.78, 5) is 37.6. The van der Waals surface area contributed by atoms with Crippen LogP contribution in [-0.2, 0) is 14.3 Å². The second-order valence-electron chi connectivity index (χ2n) is 5.21. The van der Waals surface area contributed by atoms with Crippen molar-refractivity contribution in [3.05, 3.63) is 27.6 Å². The second-order valence-corrected chi connectivity index (χ2v) is 6.61. The number of ether oxygens (including phenoxy) is 3. The summed E-state index contributed by atoms with van der Waals surface area (Å²) in [7, 11) is 2.96. The smallest absolute Gasteiger partial charge is 0.329 e. The van der Waals surface area contributed by atoms with E-state index in [1.807, 2.05) is 0 Å². The molecule has 1 aliphatic rings. The van der Waals surface area contributed by atoms with Gasteiger partial charge in [0, 0.05) is 6.07 Å². The average Bonchev–Trinajstić information content (AvgIpc) is 2.89. The van der Waals surface area contributed by atoms with Gasteiger partial charge in [0.15, 0.2) is 11.5 Å². The summed E-state index contributed by atoms with van der Waals surface area (Å²) in [5, 5.41) is -0.216. The highest BCUT2D eigenvalue weighted by molar-refractivity contribution is 8.18. The molecule has 0 bridgehead atoms. The maximum absolute atomic E-state index is 12.6. The molecule has 1 aromatic carbocycles. The lowest BCUT2D eigenvalue weighted by molar-refractivity contribution is -0.150.